The van der Waals surface area contributed by atoms with Gasteiger partial charge in [0.25, 0.3) is 10.0 Å². The van der Waals surface area contributed by atoms with Crippen LogP contribution < -0.4 is 11.0 Å². The molecule has 1 aromatic carbocycles. The lowest BCUT2D eigenvalue weighted by Gasteiger charge is -2.14. The quantitative estimate of drug-likeness (QED) is 0.737. The first-order valence-electron chi connectivity index (χ1n) is 8.29. The zero-order valence-corrected chi connectivity index (χ0v) is 15.3. The Morgan fingerprint density at radius 1 is 1.19 bits per heavy atom. The molecule has 0 radical (unpaired) electrons. The number of rotatable bonds is 3. The number of fused-ring (bicyclic) bond motifs is 1. The summed E-state index contributed by atoms with van der Waals surface area (Å²) in [6, 6.07) is 6.91. The Hall–Kier alpha value is -2.65. The van der Waals surface area contributed by atoms with E-state index in [9.17, 15) is 13.2 Å². The highest BCUT2D eigenvalue weighted by Crippen LogP contribution is 2.23. The van der Waals surface area contributed by atoms with Gasteiger partial charge >= 0.3 is 5.69 Å². The maximum atomic E-state index is 13.2. The summed E-state index contributed by atoms with van der Waals surface area (Å²) in [7, 11) is -2.39. The van der Waals surface area contributed by atoms with Crippen LogP contribution in [0.25, 0.3) is 16.7 Å². The number of hydrogen-bond donors (Lipinski definition) is 1. The third-order valence-electron chi connectivity index (χ3n) is 4.62. The summed E-state index contributed by atoms with van der Waals surface area (Å²) in [5.74, 6) is 0.557. The molecule has 0 amide bonds. The van der Waals surface area contributed by atoms with Gasteiger partial charge in [-0.3, -0.25) is 4.57 Å². The highest BCUT2D eigenvalue weighted by Gasteiger charge is 2.28. The normalized spacial score (nSPS) is 15.4. The Balaban J connectivity index is 2.04. The van der Waals surface area contributed by atoms with E-state index >= 15 is 0 Å². The molecule has 26 heavy (non-hydrogen) atoms. The molecule has 1 aliphatic rings. The first kappa shape index (κ1) is 16.8. The second-order valence-corrected chi connectivity index (χ2v) is 8.00. The number of benzene rings is 1. The minimum Gasteiger partial charge on any atom is -0.337 e. The molecule has 1 aliphatic heterocycles. The van der Waals surface area contributed by atoms with E-state index in [1.54, 1.807) is 42.8 Å². The van der Waals surface area contributed by atoms with Gasteiger partial charge in [-0.15, -0.1) is 0 Å². The summed E-state index contributed by atoms with van der Waals surface area (Å²) in [6.07, 6.45) is 3.99. The lowest BCUT2D eigenvalue weighted by Crippen LogP contribution is -2.31. The van der Waals surface area contributed by atoms with Crippen LogP contribution in [0.3, 0.4) is 0 Å². The molecule has 136 valence electrons. The standard InChI is InChI=1S/C17H19N5O3S/c1-12-19-16(11-20(12)2)26(24,25)22-15-6-4-3-5-14(15)21(17(22)23)13-7-9-18-10-8-13/h3-7,11,18H,8-10H2,1-2H3. The summed E-state index contributed by atoms with van der Waals surface area (Å²) in [5.41, 5.74) is 1.13. The Morgan fingerprint density at radius 3 is 2.54 bits per heavy atom. The molecule has 0 unspecified atom stereocenters. The molecule has 0 fully saturated rings. The van der Waals surface area contributed by atoms with Gasteiger partial charge in [-0.2, -0.15) is 12.4 Å². The minimum absolute atomic E-state index is 0.137. The van der Waals surface area contributed by atoms with Crippen LogP contribution >= 0.6 is 0 Å². The molecule has 3 heterocycles. The van der Waals surface area contributed by atoms with Gasteiger partial charge in [-0.25, -0.2) is 9.78 Å². The summed E-state index contributed by atoms with van der Waals surface area (Å²) < 4.78 is 30.3. The van der Waals surface area contributed by atoms with Crippen LogP contribution in [0.15, 0.2) is 46.4 Å². The zero-order chi connectivity index (χ0) is 18.5. The van der Waals surface area contributed by atoms with Crippen LogP contribution in [0.1, 0.15) is 12.2 Å². The molecule has 0 bridgehead atoms. The highest BCUT2D eigenvalue weighted by molar-refractivity contribution is 7.90. The fraction of sp³-hybridized carbons (Fsp3) is 0.294. The van der Waals surface area contributed by atoms with Crippen LogP contribution in [0.5, 0.6) is 0 Å². The van der Waals surface area contributed by atoms with Gasteiger partial charge in [0.2, 0.25) is 0 Å². The zero-order valence-electron chi connectivity index (χ0n) is 14.5. The van der Waals surface area contributed by atoms with E-state index in [0.717, 1.165) is 16.2 Å². The van der Waals surface area contributed by atoms with Gasteiger partial charge in [0.15, 0.2) is 5.03 Å². The van der Waals surface area contributed by atoms with Gasteiger partial charge in [0.1, 0.15) is 5.82 Å². The summed E-state index contributed by atoms with van der Waals surface area (Å²) in [5, 5.41) is 3.06. The number of imidazole rings is 2. The van der Waals surface area contributed by atoms with Crippen LogP contribution in [-0.2, 0) is 17.1 Å². The number of nitrogens with zero attached hydrogens (tertiary/aromatic N) is 4. The third-order valence-corrected chi connectivity index (χ3v) is 6.18. The van der Waals surface area contributed by atoms with Crippen LogP contribution in [0, 0.1) is 6.92 Å². The summed E-state index contributed by atoms with van der Waals surface area (Å²) in [4.78, 5) is 17.3. The molecule has 0 aliphatic carbocycles. The Labute approximate surface area is 150 Å². The molecular formula is C17H19N5O3S. The van der Waals surface area contributed by atoms with E-state index in [-0.39, 0.29) is 5.03 Å². The fourth-order valence-electron chi connectivity index (χ4n) is 3.19. The number of nitrogens with one attached hydrogen (secondary N) is 1. The first-order valence-corrected chi connectivity index (χ1v) is 9.73. The summed E-state index contributed by atoms with van der Waals surface area (Å²) >= 11 is 0. The van der Waals surface area contributed by atoms with Crippen molar-refractivity contribution in [1.82, 2.24) is 23.4 Å². The van der Waals surface area contributed by atoms with E-state index < -0.39 is 15.7 Å². The van der Waals surface area contributed by atoms with Crippen molar-refractivity contribution >= 4 is 26.8 Å². The maximum Gasteiger partial charge on any atom is 0.347 e. The monoisotopic (exact) mass is 373 g/mol. The Kier molecular flexibility index (Phi) is 3.85. The minimum atomic E-state index is -4.11. The third kappa shape index (κ3) is 2.43. The molecule has 0 spiro atoms. The van der Waals surface area contributed by atoms with Gasteiger partial charge in [0.05, 0.1) is 11.0 Å². The van der Waals surface area contributed by atoms with Gasteiger partial charge in [-0.05, 0) is 19.1 Å². The first-order chi connectivity index (χ1) is 12.4. The molecule has 0 saturated heterocycles. The number of aryl methyl sites for hydroxylation is 2. The average molecular weight is 373 g/mol. The molecule has 2 aromatic heterocycles. The fourth-order valence-corrected chi connectivity index (χ4v) is 4.62. The molecule has 4 rings (SSSR count). The molecule has 9 heteroatoms. The SMILES string of the molecule is Cc1nc(S(=O)(=O)n2c(=O)n(C3=CCNCC3)c3ccccc32)cn1C. The van der Waals surface area contributed by atoms with E-state index in [4.69, 9.17) is 0 Å². The van der Waals surface area contributed by atoms with Crippen molar-refractivity contribution in [1.29, 1.82) is 0 Å². The van der Waals surface area contributed by atoms with Gasteiger partial charge in [0, 0.05) is 38.5 Å². The average Bonchev–Trinajstić information content (AvgIpc) is 3.12. The smallest absolute Gasteiger partial charge is 0.337 e. The number of para-hydroxylation sites is 2. The maximum absolute atomic E-state index is 13.2. The van der Waals surface area contributed by atoms with Crippen LogP contribution in [-0.4, -0.2) is 39.6 Å². The molecular weight excluding hydrogens is 354 g/mol. The van der Waals surface area contributed by atoms with Crippen LogP contribution in [0.2, 0.25) is 0 Å². The topological polar surface area (TPSA) is 90.9 Å². The van der Waals surface area contributed by atoms with Gasteiger partial charge in [-0.1, -0.05) is 18.2 Å². The van der Waals surface area contributed by atoms with Crippen molar-refractivity contribution in [2.45, 2.75) is 18.4 Å². The highest BCUT2D eigenvalue weighted by atomic mass is 32.2. The second kappa shape index (κ2) is 5.96. The van der Waals surface area contributed by atoms with E-state index in [0.29, 0.717) is 29.8 Å². The summed E-state index contributed by atoms with van der Waals surface area (Å²) in [6.45, 7) is 3.10. The van der Waals surface area contributed by atoms with Crippen molar-refractivity contribution in [2.75, 3.05) is 13.1 Å². The van der Waals surface area contributed by atoms with Crippen LogP contribution in [0.4, 0.5) is 0 Å². The molecule has 8 nitrogen and oxygen atoms in total. The largest absolute Gasteiger partial charge is 0.347 e. The lowest BCUT2D eigenvalue weighted by atomic mass is 10.2. The van der Waals surface area contributed by atoms with E-state index in [1.165, 1.54) is 10.8 Å². The molecule has 1 N–H and O–H groups in total. The predicted molar refractivity (Wildman–Crippen MR) is 98.5 cm³/mol. The van der Waals surface area contributed by atoms with Crippen molar-refractivity contribution in [3.63, 3.8) is 0 Å². The second-order valence-electron chi connectivity index (χ2n) is 6.26. The van der Waals surface area contributed by atoms with Crippen molar-refractivity contribution < 1.29 is 8.42 Å². The van der Waals surface area contributed by atoms with Crippen molar-refractivity contribution in [3.8, 4) is 0 Å². The lowest BCUT2D eigenvalue weighted by molar-refractivity contribution is 0.583. The van der Waals surface area contributed by atoms with Gasteiger partial charge < -0.3 is 9.88 Å². The number of aromatic nitrogens is 4. The van der Waals surface area contributed by atoms with Crippen molar-refractivity contribution in [2.24, 2.45) is 7.05 Å². The molecule has 0 saturated carbocycles. The Morgan fingerprint density at radius 2 is 1.92 bits per heavy atom. The molecule has 0 atom stereocenters. The number of hydrogen-bond acceptors (Lipinski definition) is 5. The van der Waals surface area contributed by atoms with Crippen molar-refractivity contribution in [3.05, 3.63) is 52.8 Å². The van der Waals surface area contributed by atoms with E-state index in [1.807, 2.05) is 6.08 Å². The Bertz CT molecular complexity index is 1180. The molecule has 3 aromatic rings. The predicted octanol–water partition coefficient (Wildman–Crippen LogP) is 0.916. The van der Waals surface area contributed by atoms with E-state index in [2.05, 4.69) is 10.3 Å².